The van der Waals surface area contributed by atoms with E-state index in [0.29, 0.717) is 19.4 Å². The number of hydrogen-bond acceptors (Lipinski definition) is 4. The highest BCUT2D eigenvalue weighted by Gasteiger charge is 2.39. The molecule has 27 heavy (non-hydrogen) atoms. The molecule has 0 bridgehead atoms. The Hall–Kier alpha value is -2.41. The number of rotatable bonds is 9. The van der Waals surface area contributed by atoms with Crippen molar-refractivity contribution in [3.05, 3.63) is 35.9 Å². The Morgan fingerprint density at radius 3 is 2.59 bits per heavy atom. The Balaban J connectivity index is 2.05. The number of carboxylic acid groups (broad SMARTS) is 1. The smallest absolute Gasteiger partial charge is 0.305 e. The van der Waals surface area contributed by atoms with Crippen LogP contribution in [0.5, 0.6) is 0 Å². The van der Waals surface area contributed by atoms with E-state index in [4.69, 9.17) is 9.84 Å². The molecule has 2 rings (SSSR count). The Kier molecular flexibility index (Phi) is 7.79. The van der Waals surface area contributed by atoms with Crippen LogP contribution in [-0.2, 0) is 25.5 Å². The molecule has 1 heterocycles. The van der Waals surface area contributed by atoms with Crippen molar-refractivity contribution in [3.63, 3.8) is 0 Å². The first-order chi connectivity index (χ1) is 12.9. The van der Waals surface area contributed by atoms with Gasteiger partial charge in [0.1, 0.15) is 6.04 Å². The SMILES string of the molecule is CCCC(NC(=O)Cc1ccccc1)C(=O)N1CC(OC)CC1CC(=O)O. The Morgan fingerprint density at radius 2 is 2.00 bits per heavy atom. The zero-order chi connectivity index (χ0) is 19.8. The Morgan fingerprint density at radius 1 is 1.30 bits per heavy atom. The van der Waals surface area contributed by atoms with Crippen molar-refractivity contribution in [2.45, 2.75) is 57.2 Å². The van der Waals surface area contributed by atoms with Crippen molar-refractivity contribution in [3.8, 4) is 0 Å². The number of benzene rings is 1. The van der Waals surface area contributed by atoms with E-state index in [-0.39, 0.29) is 30.8 Å². The molecule has 1 aliphatic heterocycles. The van der Waals surface area contributed by atoms with Crippen molar-refractivity contribution < 1.29 is 24.2 Å². The molecular weight excluding hydrogens is 348 g/mol. The summed E-state index contributed by atoms with van der Waals surface area (Å²) in [7, 11) is 1.56. The fourth-order valence-corrected chi connectivity index (χ4v) is 3.48. The largest absolute Gasteiger partial charge is 0.481 e. The van der Waals surface area contributed by atoms with E-state index < -0.39 is 18.1 Å². The van der Waals surface area contributed by atoms with Crippen LogP contribution in [0.3, 0.4) is 0 Å². The lowest BCUT2D eigenvalue weighted by Gasteiger charge is -2.28. The highest BCUT2D eigenvalue weighted by Crippen LogP contribution is 2.24. The molecule has 1 aliphatic rings. The standard InChI is InChI=1S/C20H28N2O5/c1-3-7-17(21-18(23)10-14-8-5-4-6-9-14)20(26)22-13-16(27-2)11-15(22)12-19(24)25/h4-6,8-9,15-17H,3,7,10-13H2,1-2H3,(H,21,23)(H,24,25). The number of hydrogen-bond donors (Lipinski definition) is 2. The molecule has 7 nitrogen and oxygen atoms in total. The molecular formula is C20H28N2O5. The Labute approximate surface area is 159 Å². The first-order valence-electron chi connectivity index (χ1n) is 9.33. The third kappa shape index (κ3) is 6.06. The lowest BCUT2D eigenvalue weighted by molar-refractivity contribution is -0.141. The van der Waals surface area contributed by atoms with Crippen LogP contribution in [0.1, 0.15) is 38.2 Å². The number of methoxy groups -OCH3 is 1. The number of carbonyl (C=O) groups is 3. The lowest BCUT2D eigenvalue weighted by atomic mass is 10.1. The Bertz CT molecular complexity index is 649. The minimum atomic E-state index is -0.949. The molecule has 1 fully saturated rings. The van der Waals surface area contributed by atoms with Crippen LogP contribution >= 0.6 is 0 Å². The third-order valence-corrected chi connectivity index (χ3v) is 4.82. The number of carbonyl (C=O) groups excluding carboxylic acids is 2. The molecule has 0 saturated carbocycles. The second kappa shape index (κ2) is 10.1. The number of nitrogens with zero attached hydrogens (tertiary/aromatic N) is 1. The molecule has 1 aromatic carbocycles. The van der Waals surface area contributed by atoms with Gasteiger partial charge in [-0.05, 0) is 18.4 Å². The van der Waals surface area contributed by atoms with Gasteiger partial charge in [-0.1, -0.05) is 43.7 Å². The van der Waals surface area contributed by atoms with Crippen molar-refractivity contribution in [1.29, 1.82) is 0 Å². The van der Waals surface area contributed by atoms with Gasteiger partial charge in [-0.25, -0.2) is 0 Å². The van der Waals surface area contributed by atoms with Crippen LogP contribution in [0, 0.1) is 0 Å². The second-order valence-electron chi connectivity index (χ2n) is 6.91. The van der Waals surface area contributed by atoms with Crippen molar-refractivity contribution >= 4 is 17.8 Å². The molecule has 1 aromatic rings. The number of ether oxygens (including phenoxy) is 1. The molecule has 3 atom stereocenters. The number of aliphatic carboxylic acids is 1. The van der Waals surface area contributed by atoms with Crippen LogP contribution in [0.4, 0.5) is 0 Å². The summed E-state index contributed by atoms with van der Waals surface area (Å²) in [5.74, 6) is -1.40. The van der Waals surface area contributed by atoms with E-state index in [1.807, 2.05) is 37.3 Å². The van der Waals surface area contributed by atoms with E-state index in [1.54, 1.807) is 12.0 Å². The molecule has 0 spiro atoms. The first-order valence-corrected chi connectivity index (χ1v) is 9.33. The van der Waals surface area contributed by atoms with Crippen molar-refractivity contribution in [1.82, 2.24) is 10.2 Å². The van der Waals surface area contributed by atoms with Gasteiger partial charge < -0.3 is 20.1 Å². The van der Waals surface area contributed by atoms with E-state index in [0.717, 1.165) is 12.0 Å². The number of carboxylic acids is 1. The zero-order valence-corrected chi connectivity index (χ0v) is 15.9. The van der Waals surface area contributed by atoms with Crippen molar-refractivity contribution in [2.75, 3.05) is 13.7 Å². The first kappa shape index (κ1) is 20.9. The summed E-state index contributed by atoms with van der Waals surface area (Å²) in [6, 6.07) is 8.27. The van der Waals surface area contributed by atoms with Crippen LogP contribution < -0.4 is 5.32 Å². The van der Waals surface area contributed by atoms with Crippen LogP contribution in [0.15, 0.2) is 30.3 Å². The monoisotopic (exact) mass is 376 g/mol. The van der Waals surface area contributed by atoms with Gasteiger partial charge in [0.15, 0.2) is 0 Å². The van der Waals surface area contributed by atoms with Crippen molar-refractivity contribution in [2.24, 2.45) is 0 Å². The van der Waals surface area contributed by atoms with E-state index >= 15 is 0 Å². The van der Waals surface area contributed by atoms with Gasteiger partial charge in [0.05, 0.1) is 18.9 Å². The van der Waals surface area contributed by atoms with Gasteiger partial charge in [0, 0.05) is 19.7 Å². The summed E-state index contributed by atoms with van der Waals surface area (Å²) >= 11 is 0. The minimum absolute atomic E-state index is 0.123. The van der Waals surface area contributed by atoms with Gasteiger partial charge in [0.25, 0.3) is 0 Å². The van der Waals surface area contributed by atoms with E-state index in [9.17, 15) is 14.4 Å². The molecule has 1 saturated heterocycles. The summed E-state index contributed by atoms with van der Waals surface area (Å²) < 4.78 is 5.33. The van der Waals surface area contributed by atoms with E-state index in [2.05, 4.69) is 5.32 Å². The summed E-state index contributed by atoms with van der Waals surface area (Å²) in [5.41, 5.74) is 0.877. The zero-order valence-electron chi connectivity index (χ0n) is 15.9. The highest BCUT2D eigenvalue weighted by molar-refractivity contribution is 5.89. The molecule has 148 valence electrons. The number of amides is 2. The van der Waals surface area contributed by atoms with Gasteiger partial charge in [-0.2, -0.15) is 0 Å². The molecule has 0 radical (unpaired) electrons. The maximum atomic E-state index is 13.0. The normalized spacial score (nSPS) is 20.3. The van der Waals surface area contributed by atoms with Gasteiger partial charge >= 0.3 is 5.97 Å². The number of nitrogens with one attached hydrogen (secondary N) is 1. The predicted molar refractivity (Wildman–Crippen MR) is 100 cm³/mol. The quantitative estimate of drug-likeness (QED) is 0.683. The van der Waals surface area contributed by atoms with Crippen LogP contribution in [0.25, 0.3) is 0 Å². The molecule has 0 aromatic heterocycles. The maximum absolute atomic E-state index is 13.0. The molecule has 0 aliphatic carbocycles. The third-order valence-electron chi connectivity index (χ3n) is 4.82. The van der Waals surface area contributed by atoms with E-state index in [1.165, 1.54) is 0 Å². The van der Waals surface area contributed by atoms with Gasteiger partial charge in [0.2, 0.25) is 11.8 Å². The summed E-state index contributed by atoms with van der Waals surface area (Å²) in [5, 5.41) is 12.0. The molecule has 2 N–H and O–H groups in total. The minimum Gasteiger partial charge on any atom is -0.481 e. The van der Waals surface area contributed by atoms with Crippen LogP contribution in [-0.4, -0.2) is 59.6 Å². The molecule has 7 heteroatoms. The summed E-state index contributed by atoms with van der Waals surface area (Å²) in [4.78, 5) is 38.1. The summed E-state index contributed by atoms with van der Waals surface area (Å²) in [6.07, 6.45) is 1.63. The maximum Gasteiger partial charge on any atom is 0.305 e. The average molecular weight is 376 g/mol. The topological polar surface area (TPSA) is 95.9 Å². The van der Waals surface area contributed by atoms with Crippen LogP contribution in [0.2, 0.25) is 0 Å². The van der Waals surface area contributed by atoms with Gasteiger partial charge in [-0.15, -0.1) is 0 Å². The van der Waals surface area contributed by atoms with Gasteiger partial charge in [-0.3, -0.25) is 14.4 Å². The second-order valence-corrected chi connectivity index (χ2v) is 6.91. The highest BCUT2D eigenvalue weighted by atomic mass is 16.5. The molecule has 2 amide bonds. The molecule has 3 unspecified atom stereocenters. The fraction of sp³-hybridized carbons (Fsp3) is 0.550. The predicted octanol–water partition coefficient (Wildman–Crippen LogP) is 1.60. The lowest BCUT2D eigenvalue weighted by Crippen LogP contribution is -2.50. The average Bonchev–Trinajstić information content (AvgIpc) is 3.03. The fourth-order valence-electron chi connectivity index (χ4n) is 3.48. The summed E-state index contributed by atoms with van der Waals surface area (Å²) in [6.45, 7) is 2.29. The number of likely N-dealkylation sites (tertiary alicyclic amines) is 1.